The summed E-state index contributed by atoms with van der Waals surface area (Å²) < 4.78 is 12.1. The predicted molar refractivity (Wildman–Crippen MR) is 111 cm³/mol. The van der Waals surface area contributed by atoms with E-state index in [2.05, 4.69) is 5.32 Å². The van der Waals surface area contributed by atoms with Gasteiger partial charge in [0.05, 0.1) is 11.2 Å². The zero-order valence-electron chi connectivity index (χ0n) is 17.1. The number of amides is 1. The maximum atomic E-state index is 12.3. The molecule has 3 rings (SSSR count). The van der Waals surface area contributed by atoms with Crippen LogP contribution in [-0.4, -0.2) is 41.3 Å². The SMILES string of the molecule is CC1(C)OB(c2ccc(C[C@H](NC(=O)c3ccccc3)C(=O)O)cc2)OC1(C)C. The van der Waals surface area contributed by atoms with Crippen molar-refractivity contribution in [3.63, 3.8) is 0 Å². The molecule has 0 radical (unpaired) electrons. The summed E-state index contributed by atoms with van der Waals surface area (Å²) >= 11 is 0. The van der Waals surface area contributed by atoms with Crippen LogP contribution in [0.2, 0.25) is 0 Å². The minimum atomic E-state index is -1.08. The Morgan fingerprint density at radius 2 is 1.52 bits per heavy atom. The second-order valence-electron chi connectivity index (χ2n) is 8.26. The van der Waals surface area contributed by atoms with E-state index in [4.69, 9.17) is 9.31 Å². The van der Waals surface area contributed by atoms with Crippen LogP contribution in [0, 0.1) is 0 Å². The Morgan fingerprint density at radius 1 is 0.966 bits per heavy atom. The van der Waals surface area contributed by atoms with Gasteiger partial charge in [-0.3, -0.25) is 4.79 Å². The van der Waals surface area contributed by atoms with Gasteiger partial charge in [0.2, 0.25) is 0 Å². The molecule has 0 unspecified atom stereocenters. The van der Waals surface area contributed by atoms with Crippen LogP contribution < -0.4 is 10.8 Å². The molecule has 0 aromatic heterocycles. The highest BCUT2D eigenvalue weighted by molar-refractivity contribution is 6.62. The molecule has 0 aliphatic carbocycles. The van der Waals surface area contributed by atoms with Gasteiger partial charge in [-0.15, -0.1) is 0 Å². The molecule has 1 aliphatic rings. The summed E-state index contributed by atoms with van der Waals surface area (Å²) in [5.41, 5.74) is 1.24. The van der Waals surface area contributed by atoms with Crippen molar-refractivity contribution in [2.75, 3.05) is 0 Å². The van der Waals surface area contributed by atoms with Gasteiger partial charge in [-0.25, -0.2) is 4.79 Å². The van der Waals surface area contributed by atoms with Gasteiger partial charge in [0.1, 0.15) is 6.04 Å². The maximum Gasteiger partial charge on any atom is 0.494 e. The fourth-order valence-electron chi connectivity index (χ4n) is 3.06. The lowest BCUT2D eigenvalue weighted by molar-refractivity contribution is -0.139. The number of hydrogen-bond acceptors (Lipinski definition) is 4. The predicted octanol–water partition coefficient (Wildman–Crippen LogP) is 2.41. The van der Waals surface area contributed by atoms with E-state index < -0.39 is 36.2 Å². The zero-order valence-corrected chi connectivity index (χ0v) is 17.1. The standard InChI is InChI=1S/C22H26BNO5/c1-21(2)22(3,4)29-23(28-21)17-12-10-15(11-13-17)14-18(20(26)27)24-19(25)16-8-6-5-7-9-16/h5-13,18H,14H2,1-4H3,(H,24,25)(H,26,27)/t18-/m0/s1. The molecule has 6 nitrogen and oxygen atoms in total. The van der Waals surface area contributed by atoms with Gasteiger partial charge in [0.25, 0.3) is 5.91 Å². The second kappa shape index (κ2) is 8.01. The van der Waals surface area contributed by atoms with Crippen molar-refractivity contribution in [2.24, 2.45) is 0 Å². The van der Waals surface area contributed by atoms with Gasteiger partial charge < -0.3 is 19.7 Å². The van der Waals surface area contributed by atoms with E-state index >= 15 is 0 Å². The highest BCUT2D eigenvalue weighted by Gasteiger charge is 2.51. The molecule has 0 saturated carbocycles. The monoisotopic (exact) mass is 395 g/mol. The number of hydrogen-bond donors (Lipinski definition) is 2. The van der Waals surface area contributed by atoms with Gasteiger partial charge in [-0.05, 0) is 50.9 Å². The van der Waals surface area contributed by atoms with Crippen LogP contribution in [0.4, 0.5) is 0 Å². The van der Waals surface area contributed by atoms with Crippen molar-refractivity contribution >= 4 is 24.5 Å². The van der Waals surface area contributed by atoms with E-state index in [1.165, 1.54) is 0 Å². The number of carboxylic acids is 1. The molecule has 1 amide bonds. The second-order valence-corrected chi connectivity index (χ2v) is 8.26. The van der Waals surface area contributed by atoms with Crippen molar-refractivity contribution < 1.29 is 24.0 Å². The van der Waals surface area contributed by atoms with Gasteiger partial charge in [0.15, 0.2) is 0 Å². The quantitative estimate of drug-likeness (QED) is 0.734. The third-order valence-electron chi connectivity index (χ3n) is 5.58. The lowest BCUT2D eigenvalue weighted by Gasteiger charge is -2.32. The number of aliphatic carboxylic acids is 1. The summed E-state index contributed by atoms with van der Waals surface area (Å²) in [7, 11) is -0.470. The van der Waals surface area contributed by atoms with Crippen LogP contribution >= 0.6 is 0 Å². The highest BCUT2D eigenvalue weighted by Crippen LogP contribution is 2.36. The Morgan fingerprint density at radius 3 is 2.03 bits per heavy atom. The molecule has 2 N–H and O–H groups in total. The maximum absolute atomic E-state index is 12.3. The summed E-state index contributed by atoms with van der Waals surface area (Å²) in [5, 5.41) is 12.1. The van der Waals surface area contributed by atoms with Crippen molar-refractivity contribution in [3.8, 4) is 0 Å². The van der Waals surface area contributed by atoms with Crippen LogP contribution in [0.1, 0.15) is 43.6 Å². The molecule has 1 heterocycles. The molecular formula is C22H26BNO5. The minimum Gasteiger partial charge on any atom is -0.480 e. The molecular weight excluding hydrogens is 369 g/mol. The first-order valence-electron chi connectivity index (χ1n) is 9.62. The topological polar surface area (TPSA) is 84.9 Å². The first-order chi connectivity index (χ1) is 13.6. The summed E-state index contributed by atoms with van der Waals surface area (Å²) in [6.45, 7) is 7.98. The van der Waals surface area contributed by atoms with Crippen LogP contribution in [0.3, 0.4) is 0 Å². The normalized spacial score (nSPS) is 18.3. The van der Waals surface area contributed by atoms with E-state index in [0.717, 1.165) is 11.0 Å². The number of benzene rings is 2. The summed E-state index contributed by atoms with van der Waals surface area (Å²) in [4.78, 5) is 23.9. The molecule has 2 aromatic rings. The van der Waals surface area contributed by atoms with Crippen molar-refractivity contribution in [1.29, 1.82) is 0 Å². The van der Waals surface area contributed by atoms with Gasteiger partial charge >= 0.3 is 13.1 Å². The fraction of sp³-hybridized carbons (Fsp3) is 0.364. The number of carboxylic acid groups (broad SMARTS) is 1. The van der Waals surface area contributed by atoms with Crippen LogP contribution in [0.15, 0.2) is 54.6 Å². The number of nitrogens with one attached hydrogen (secondary N) is 1. The molecule has 1 aliphatic heterocycles. The van der Waals surface area contributed by atoms with Crippen LogP contribution in [0.5, 0.6) is 0 Å². The fourth-order valence-corrected chi connectivity index (χ4v) is 3.06. The van der Waals surface area contributed by atoms with E-state index in [1.807, 2.05) is 52.0 Å². The van der Waals surface area contributed by atoms with Gasteiger partial charge in [0, 0.05) is 12.0 Å². The molecule has 1 saturated heterocycles. The van der Waals surface area contributed by atoms with E-state index in [-0.39, 0.29) is 6.42 Å². The lowest BCUT2D eigenvalue weighted by Crippen LogP contribution is -2.42. The smallest absolute Gasteiger partial charge is 0.480 e. The van der Waals surface area contributed by atoms with Gasteiger partial charge in [-0.1, -0.05) is 42.5 Å². The molecule has 2 aromatic carbocycles. The van der Waals surface area contributed by atoms with Crippen LogP contribution in [-0.2, 0) is 20.5 Å². The Bertz CT molecular complexity index is 864. The number of carbonyl (C=O) groups excluding carboxylic acids is 1. The largest absolute Gasteiger partial charge is 0.494 e. The molecule has 152 valence electrons. The first-order valence-corrected chi connectivity index (χ1v) is 9.62. The lowest BCUT2D eigenvalue weighted by atomic mass is 9.78. The molecule has 1 fully saturated rings. The average Bonchev–Trinajstić information content (AvgIpc) is 2.89. The van der Waals surface area contributed by atoms with Crippen molar-refractivity contribution in [2.45, 2.75) is 51.4 Å². The Kier molecular flexibility index (Phi) is 5.82. The number of carbonyl (C=O) groups is 2. The van der Waals surface area contributed by atoms with Crippen LogP contribution in [0.25, 0.3) is 0 Å². The van der Waals surface area contributed by atoms with E-state index in [9.17, 15) is 14.7 Å². The van der Waals surface area contributed by atoms with Gasteiger partial charge in [-0.2, -0.15) is 0 Å². The number of rotatable bonds is 6. The average molecular weight is 395 g/mol. The molecule has 29 heavy (non-hydrogen) atoms. The van der Waals surface area contributed by atoms with Crippen molar-refractivity contribution in [1.82, 2.24) is 5.32 Å². The molecule has 0 bridgehead atoms. The molecule has 1 atom stereocenters. The Balaban J connectivity index is 1.67. The minimum absolute atomic E-state index is 0.178. The first kappa shape index (κ1) is 21.1. The Labute approximate surface area is 171 Å². The van der Waals surface area contributed by atoms with E-state index in [0.29, 0.717) is 5.56 Å². The summed E-state index contributed by atoms with van der Waals surface area (Å²) in [6, 6.07) is 15.0. The van der Waals surface area contributed by atoms with E-state index in [1.54, 1.807) is 30.3 Å². The Hall–Kier alpha value is -2.64. The summed E-state index contributed by atoms with van der Waals surface area (Å²) in [6.07, 6.45) is 0.178. The molecule has 7 heteroatoms. The molecule has 0 spiro atoms. The third-order valence-corrected chi connectivity index (χ3v) is 5.58. The zero-order chi connectivity index (χ0) is 21.2. The van der Waals surface area contributed by atoms with Crippen molar-refractivity contribution in [3.05, 3.63) is 65.7 Å². The summed E-state index contributed by atoms with van der Waals surface area (Å²) in [5.74, 6) is -1.49. The highest BCUT2D eigenvalue weighted by atomic mass is 16.7. The third kappa shape index (κ3) is 4.69.